The third-order valence-electron chi connectivity index (χ3n) is 2.41. The molecule has 21 heavy (non-hydrogen) atoms. The average molecular weight is 301 g/mol. The smallest absolute Gasteiger partial charge is 0.477 e. The van der Waals surface area contributed by atoms with E-state index in [2.05, 4.69) is 10.1 Å². The molecular formula is C12H10F3N3O3. The van der Waals surface area contributed by atoms with Gasteiger partial charge in [-0.3, -0.25) is 0 Å². The second-order valence-corrected chi connectivity index (χ2v) is 4.28. The van der Waals surface area contributed by atoms with E-state index in [0.29, 0.717) is 5.56 Å². The van der Waals surface area contributed by atoms with Crippen LogP contribution >= 0.6 is 0 Å². The molecule has 0 radical (unpaired) electrons. The van der Waals surface area contributed by atoms with Gasteiger partial charge in [-0.25, -0.2) is 9.78 Å². The summed E-state index contributed by atoms with van der Waals surface area (Å²) < 4.78 is 43.1. The molecule has 9 heteroatoms. The van der Waals surface area contributed by atoms with Crippen molar-refractivity contribution in [3.8, 4) is 11.8 Å². The molecule has 2 heterocycles. The summed E-state index contributed by atoms with van der Waals surface area (Å²) in [5, 5.41) is 12.2. The number of carboxylic acids is 1. The highest BCUT2D eigenvalue weighted by atomic mass is 19.4. The molecule has 0 aliphatic heterocycles. The van der Waals surface area contributed by atoms with Crippen molar-refractivity contribution in [2.45, 2.75) is 20.1 Å². The fourth-order valence-electron chi connectivity index (χ4n) is 1.63. The van der Waals surface area contributed by atoms with Crippen LogP contribution in [0.3, 0.4) is 0 Å². The number of rotatable bonds is 3. The first-order valence-electron chi connectivity index (χ1n) is 5.70. The van der Waals surface area contributed by atoms with Gasteiger partial charge in [-0.05, 0) is 25.5 Å². The molecule has 1 N–H and O–H groups in total. The fraction of sp³-hybridized carbons (Fsp3) is 0.250. The van der Waals surface area contributed by atoms with E-state index in [1.165, 1.54) is 19.1 Å². The van der Waals surface area contributed by atoms with Crippen LogP contribution in [-0.2, 0) is 6.30 Å². The van der Waals surface area contributed by atoms with Crippen LogP contribution in [0.25, 0.3) is 0 Å². The fourth-order valence-corrected chi connectivity index (χ4v) is 1.63. The van der Waals surface area contributed by atoms with Gasteiger partial charge in [0.1, 0.15) is 0 Å². The summed E-state index contributed by atoms with van der Waals surface area (Å²) in [7, 11) is 0. The minimum Gasteiger partial charge on any atom is -0.477 e. The predicted molar refractivity (Wildman–Crippen MR) is 64.3 cm³/mol. The van der Waals surface area contributed by atoms with Gasteiger partial charge in [-0.1, -0.05) is 0 Å². The molecule has 0 spiro atoms. The lowest BCUT2D eigenvalue weighted by atomic mass is 10.2. The number of pyridine rings is 1. The lowest BCUT2D eigenvalue weighted by molar-refractivity contribution is -0.214. The highest BCUT2D eigenvalue weighted by Gasteiger charge is 2.35. The maximum Gasteiger partial charge on any atom is 0.507 e. The summed E-state index contributed by atoms with van der Waals surface area (Å²) in [6.07, 6.45) is -4.75. The first-order chi connectivity index (χ1) is 9.66. The summed E-state index contributed by atoms with van der Waals surface area (Å²) in [5.41, 5.74) is 0.278. The highest BCUT2D eigenvalue weighted by Crippen LogP contribution is 2.30. The molecule has 2 aromatic heterocycles. The lowest BCUT2D eigenvalue weighted by Crippen LogP contribution is -2.19. The van der Waals surface area contributed by atoms with Gasteiger partial charge in [-0.2, -0.15) is 5.10 Å². The van der Waals surface area contributed by atoms with E-state index in [1.807, 2.05) is 0 Å². The zero-order chi connectivity index (χ0) is 15.8. The average Bonchev–Trinajstić information content (AvgIpc) is 2.69. The molecule has 0 unspecified atom stereocenters. The predicted octanol–water partition coefficient (Wildman–Crippen LogP) is 2.86. The maximum atomic E-state index is 12.8. The topological polar surface area (TPSA) is 77.2 Å². The van der Waals surface area contributed by atoms with Gasteiger partial charge >= 0.3 is 12.3 Å². The zero-order valence-corrected chi connectivity index (χ0v) is 11.0. The van der Waals surface area contributed by atoms with Crippen LogP contribution in [-0.4, -0.2) is 25.8 Å². The van der Waals surface area contributed by atoms with Crippen molar-refractivity contribution in [1.29, 1.82) is 0 Å². The molecule has 0 aliphatic rings. The Morgan fingerprint density at radius 1 is 1.29 bits per heavy atom. The Morgan fingerprint density at radius 3 is 2.52 bits per heavy atom. The van der Waals surface area contributed by atoms with Crippen molar-refractivity contribution in [2.75, 3.05) is 0 Å². The molecule has 0 aromatic carbocycles. The van der Waals surface area contributed by atoms with Gasteiger partial charge in [0.15, 0.2) is 5.69 Å². The number of aromatic nitrogens is 3. The normalized spacial score (nSPS) is 11.5. The third kappa shape index (κ3) is 3.30. The Labute approximate surface area is 116 Å². The van der Waals surface area contributed by atoms with E-state index in [1.54, 1.807) is 6.92 Å². The molecule has 112 valence electrons. The van der Waals surface area contributed by atoms with Gasteiger partial charge < -0.3 is 9.84 Å². The number of hydrogen-bond acceptors (Lipinski definition) is 4. The number of aromatic carboxylic acids is 1. The molecule has 0 saturated heterocycles. The van der Waals surface area contributed by atoms with Gasteiger partial charge in [-0.15, -0.1) is 17.9 Å². The molecule has 0 atom stereocenters. The number of carboxylic acid groups (broad SMARTS) is 1. The molecule has 0 fully saturated rings. The molecule has 0 saturated carbocycles. The number of alkyl halides is 3. The Hall–Kier alpha value is -2.58. The van der Waals surface area contributed by atoms with E-state index in [4.69, 9.17) is 9.84 Å². The lowest BCUT2D eigenvalue weighted by Gasteiger charge is -2.11. The molecule has 0 aliphatic carbocycles. The summed E-state index contributed by atoms with van der Waals surface area (Å²) in [4.78, 5) is 14.5. The Morgan fingerprint density at radius 2 is 1.95 bits per heavy atom. The second kappa shape index (κ2) is 5.08. The summed E-state index contributed by atoms with van der Waals surface area (Å²) >= 11 is 0. The van der Waals surface area contributed by atoms with Crippen LogP contribution in [0.5, 0.6) is 11.8 Å². The summed E-state index contributed by atoms with van der Waals surface area (Å²) in [6.45, 7) is 2.95. The van der Waals surface area contributed by atoms with Crippen LogP contribution in [0.4, 0.5) is 13.2 Å². The molecule has 6 nitrogen and oxygen atoms in total. The van der Waals surface area contributed by atoms with Gasteiger partial charge in [0.25, 0.3) is 0 Å². The van der Waals surface area contributed by atoms with E-state index in [0.717, 1.165) is 6.07 Å². The zero-order valence-electron chi connectivity index (χ0n) is 11.0. The van der Waals surface area contributed by atoms with Gasteiger partial charge in [0.05, 0.1) is 5.69 Å². The Balaban J connectivity index is 2.41. The van der Waals surface area contributed by atoms with Crippen molar-refractivity contribution in [2.24, 2.45) is 0 Å². The minimum atomic E-state index is -4.75. The number of nitrogens with zero attached hydrogens (tertiary/aromatic N) is 3. The SMILES string of the molecule is Cc1cc(Oc2cc(C)nn2C(F)(F)F)nc(C(=O)O)c1. The van der Waals surface area contributed by atoms with Crippen molar-refractivity contribution in [3.63, 3.8) is 0 Å². The van der Waals surface area contributed by atoms with Crippen LogP contribution in [0.15, 0.2) is 18.2 Å². The third-order valence-corrected chi connectivity index (χ3v) is 2.41. The summed E-state index contributed by atoms with van der Waals surface area (Å²) in [5.74, 6) is -2.14. The van der Waals surface area contributed by atoms with Gasteiger partial charge in [0.2, 0.25) is 11.8 Å². The molecule has 2 rings (SSSR count). The molecular weight excluding hydrogens is 291 g/mol. The maximum absolute atomic E-state index is 12.8. The summed E-state index contributed by atoms with van der Waals surface area (Å²) in [6, 6.07) is 3.69. The number of carbonyl (C=O) groups is 1. The van der Waals surface area contributed by atoms with E-state index in [9.17, 15) is 18.0 Å². The second-order valence-electron chi connectivity index (χ2n) is 4.28. The van der Waals surface area contributed by atoms with Crippen LogP contribution < -0.4 is 4.74 Å². The van der Waals surface area contributed by atoms with Gasteiger partial charge in [0, 0.05) is 12.1 Å². The Bertz CT molecular complexity index is 695. The molecule has 0 amide bonds. The minimum absolute atomic E-state index is 0.105. The Kier molecular flexibility index (Phi) is 3.58. The van der Waals surface area contributed by atoms with Crippen molar-refractivity contribution in [1.82, 2.24) is 14.8 Å². The number of ether oxygens (including phenoxy) is 1. The quantitative estimate of drug-likeness (QED) is 0.943. The van der Waals surface area contributed by atoms with E-state index >= 15 is 0 Å². The van der Waals surface area contributed by atoms with Crippen LogP contribution in [0.1, 0.15) is 21.7 Å². The first kappa shape index (κ1) is 14.8. The monoisotopic (exact) mass is 301 g/mol. The number of hydrogen-bond donors (Lipinski definition) is 1. The number of aryl methyl sites for hydroxylation is 2. The van der Waals surface area contributed by atoms with Crippen molar-refractivity contribution in [3.05, 3.63) is 35.2 Å². The van der Waals surface area contributed by atoms with E-state index in [-0.39, 0.29) is 21.9 Å². The van der Waals surface area contributed by atoms with Crippen LogP contribution in [0.2, 0.25) is 0 Å². The van der Waals surface area contributed by atoms with Crippen molar-refractivity contribution >= 4 is 5.97 Å². The largest absolute Gasteiger partial charge is 0.507 e. The standard InChI is InChI=1S/C12H10F3N3O3/c1-6-3-8(11(19)20)16-9(4-6)21-10-5-7(2)17-18(10)12(13,14)15/h3-5H,1-2H3,(H,19,20). The first-order valence-corrected chi connectivity index (χ1v) is 5.70. The number of halogens is 3. The molecule has 0 bridgehead atoms. The van der Waals surface area contributed by atoms with E-state index < -0.39 is 18.1 Å². The highest BCUT2D eigenvalue weighted by molar-refractivity contribution is 5.85. The molecule has 2 aromatic rings. The van der Waals surface area contributed by atoms with Crippen LogP contribution in [0, 0.1) is 13.8 Å². The van der Waals surface area contributed by atoms with Crippen molar-refractivity contribution < 1.29 is 27.8 Å².